The van der Waals surface area contributed by atoms with E-state index in [0.29, 0.717) is 34.5 Å². The van der Waals surface area contributed by atoms with Crippen LogP contribution in [-0.4, -0.2) is 50.2 Å². The maximum absolute atomic E-state index is 14.9. The lowest BCUT2D eigenvalue weighted by Crippen LogP contribution is -2.08. The number of halogens is 2. The molecule has 1 saturated carbocycles. The van der Waals surface area contributed by atoms with Gasteiger partial charge in [0.05, 0.1) is 37.7 Å². The summed E-state index contributed by atoms with van der Waals surface area (Å²) in [6.45, 7) is -0.474. The monoisotopic (exact) mass is 544 g/mol. The summed E-state index contributed by atoms with van der Waals surface area (Å²) in [5, 5.41) is 17.8. The highest BCUT2D eigenvalue weighted by Gasteiger charge is 2.29. The van der Waals surface area contributed by atoms with Crippen molar-refractivity contribution in [1.82, 2.24) is 24.7 Å². The lowest BCUT2D eigenvalue weighted by molar-refractivity contribution is 0.200. The van der Waals surface area contributed by atoms with Crippen molar-refractivity contribution in [3.63, 3.8) is 0 Å². The van der Waals surface area contributed by atoms with E-state index in [-0.39, 0.29) is 31.1 Å². The van der Waals surface area contributed by atoms with Gasteiger partial charge in [-0.25, -0.2) is 18.7 Å². The maximum atomic E-state index is 14.9. The van der Waals surface area contributed by atoms with Crippen LogP contribution in [0.1, 0.15) is 29.9 Å². The highest BCUT2D eigenvalue weighted by atomic mass is 19.1. The summed E-state index contributed by atoms with van der Waals surface area (Å²) in [5.74, 6) is 0.447. The molecule has 3 heterocycles. The highest BCUT2D eigenvalue weighted by molar-refractivity contribution is 5.92. The molecule has 9 nitrogen and oxygen atoms in total. The number of anilines is 2. The number of aliphatic hydroxyl groups excluding tert-OH is 1. The van der Waals surface area contributed by atoms with E-state index in [1.807, 2.05) is 36.5 Å². The van der Waals surface area contributed by atoms with E-state index in [9.17, 15) is 8.78 Å². The molecule has 1 fully saturated rings. The zero-order valence-electron chi connectivity index (χ0n) is 21.6. The van der Waals surface area contributed by atoms with Crippen molar-refractivity contribution in [2.24, 2.45) is 0 Å². The number of hydrogen-bond donors (Lipinski definition) is 2. The third kappa shape index (κ3) is 5.03. The van der Waals surface area contributed by atoms with E-state index < -0.39 is 11.6 Å². The average Bonchev–Trinajstić information content (AvgIpc) is 3.75. The second-order valence-corrected chi connectivity index (χ2v) is 9.43. The molecule has 204 valence electrons. The van der Waals surface area contributed by atoms with Crippen molar-refractivity contribution in [3.8, 4) is 23.0 Å². The number of aliphatic hydroxyl groups is 1. The number of rotatable bonds is 10. The molecule has 0 aliphatic heterocycles. The second-order valence-electron chi connectivity index (χ2n) is 9.43. The molecule has 2 N–H and O–H groups in total. The van der Waals surface area contributed by atoms with Crippen molar-refractivity contribution in [2.75, 3.05) is 25.6 Å². The molecule has 3 aromatic heterocycles. The van der Waals surface area contributed by atoms with Gasteiger partial charge in [-0.2, -0.15) is 5.10 Å². The average molecular weight is 545 g/mol. The summed E-state index contributed by atoms with van der Waals surface area (Å²) < 4.78 is 42.0. The number of hydrogen-bond acceptors (Lipinski definition) is 8. The van der Waals surface area contributed by atoms with Crippen molar-refractivity contribution in [2.45, 2.75) is 25.3 Å². The van der Waals surface area contributed by atoms with Gasteiger partial charge in [0.25, 0.3) is 0 Å². The highest BCUT2D eigenvalue weighted by Crippen LogP contribution is 2.44. The molecule has 0 bridgehead atoms. The summed E-state index contributed by atoms with van der Waals surface area (Å²) in [5.41, 5.74) is 2.73. The first-order valence-corrected chi connectivity index (χ1v) is 12.8. The Balaban J connectivity index is 1.39. The molecule has 11 heteroatoms. The van der Waals surface area contributed by atoms with E-state index in [1.165, 1.54) is 4.68 Å². The maximum Gasteiger partial charge on any atom is 0.182 e. The number of ether oxygens (including phenoxy) is 2. The van der Waals surface area contributed by atoms with Crippen LogP contribution in [0.5, 0.6) is 11.5 Å². The predicted molar refractivity (Wildman–Crippen MR) is 145 cm³/mol. The molecule has 0 atom stereocenters. The van der Waals surface area contributed by atoms with Gasteiger partial charge in [-0.15, -0.1) is 0 Å². The summed E-state index contributed by atoms with van der Waals surface area (Å²) in [7, 11) is 1.58. The minimum Gasteiger partial charge on any atom is -0.493 e. The van der Waals surface area contributed by atoms with E-state index in [4.69, 9.17) is 24.7 Å². The quantitative estimate of drug-likeness (QED) is 0.247. The van der Waals surface area contributed by atoms with Gasteiger partial charge in [-0.1, -0.05) is 18.2 Å². The van der Waals surface area contributed by atoms with Gasteiger partial charge >= 0.3 is 0 Å². The second kappa shape index (κ2) is 10.9. The Morgan fingerprint density at radius 1 is 1.10 bits per heavy atom. The minimum absolute atomic E-state index is 0.00817. The van der Waals surface area contributed by atoms with Crippen LogP contribution in [0, 0.1) is 11.6 Å². The largest absolute Gasteiger partial charge is 0.493 e. The van der Waals surface area contributed by atoms with Crippen LogP contribution in [0.15, 0.2) is 61.1 Å². The summed E-state index contributed by atoms with van der Waals surface area (Å²) in [6.07, 6.45) is 7.23. The normalized spacial score (nSPS) is 13.0. The minimum atomic E-state index is -0.767. The van der Waals surface area contributed by atoms with Gasteiger partial charge in [-0.05, 0) is 30.9 Å². The molecule has 1 aliphatic rings. The van der Waals surface area contributed by atoms with Crippen molar-refractivity contribution in [3.05, 3.63) is 83.8 Å². The fourth-order valence-corrected chi connectivity index (χ4v) is 4.61. The van der Waals surface area contributed by atoms with Crippen molar-refractivity contribution < 1.29 is 23.4 Å². The first kappa shape index (κ1) is 25.6. The van der Waals surface area contributed by atoms with Crippen LogP contribution in [0.2, 0.25) is 0 Å². The number of fused-ring (bicyclic) bond motifs is 1. The standard InChI is InChI=1S/C29H26F2N6O3/c1-39-26-15-32-9-8-24(26)34-28-20(17-6-7-17)14-33-29(35-28)27-19-4-2-3-5-25(19)37(36-27)16-21-22(30)12-18(13-23(21)31)40-11-10-38/h2-5,8-9,12-15,17,38H,6-7,10-11,16H2,1H3,(H,32,33,34,35). The van der Waals surface area contributed by atoms with Crippen molar-refractivity contribution in [1.29, 1.82) is 0 Å². The number of nitrogens with one attached hydrogen (secondary N) is 1. The number of benzene rings is 2. The lowest BCUT2D eigenvalue weighted by atomic mass is 10.1. The fraction of sp³-hybridized carbons (Fsp3) is 0.241. The molecular weight excluding hydrogens is 518 g/mol. The first-order chi connectivity index (χ1) is 19.6. The van der Waals surface area contributed by atoms with Crippen LogP contribution in [0.3, 0.4) is 0 Å². The van der Waals surface area contributed by atoms with Crippen LogP contribution >= 0.6 is 0 Å². The van der Waals surface area contributed by atoms with E-state index in [1.54, 1.807) is 19.5 Å². The lowest BCUT2D eigenvalue weighted by Gasteiger charge is -2.13. The predicted octanol–water partition coefficient (Wildman–Crippen LogP) is 5.22. The molecule has 0 unspecified atom stereocenters. The van der Waals surface area contributed by atoms with Crippen LogP contribution in [-0.2, 0) is 6.54 Å². The SMILES string of the molecule is COc1cnccc1Nc1nc(-c2nn(Cc3c(F)cc(OCCO)cc3F)c3ccccc23)ncc1C1CC1. The number of pyridine rings is 1. The van der Waals surface area contributed by atoms with Crippen LogP contribution in [0.4, 0.5) is 20.3 Å². The smallest absolute Gasteiger partial charge is 0.182 e. The molecule has 0 spiro atoms. The van der Waals surface area contributed by atoms with E-state index >= 15 is 0 Å². The number of methoxy groups -OCH3 is 1. The summed E-state index contributed by atoms with van der Waals surface area (Å²) in [4.78, 5) is 13.6. The molecule has 5 aromatic rings. The molecule has 40 heavy (non-hydrogen) atoms. The third-order valence-electron chi connectivity index (χ3n) is 6.74. The molecule has 0 amide bonds. The van der Waals surface area contributed by atoms with E-state index in [2.05, 4.69) is 15.3 Å². The number of aromatic nitrogens is 5. The molecule has 6 rings (SSSR count). The number of para-hydroxylation sites is 1. The molecule has 0 saturated heterocycles. The number of nitrogens with zero attached hydrogens (tertiary/aromatic N) is 5. The van der Waals surface area contributed by atoms with Gasteiger partial charge in [0.1, 0.15) is 35.5 Å². The van der Waals surface area contributed by atoms with Gasteiger partial charge in [0.2, 0.25) is 0 Å². The Morgan fingerprint density at radius 2 is 1.90 bits per heavy atom. The van der Waals surface area contributed by atoms with Crippen molar-refractivity contribution >= 4 is 22.4 Å². The molecule has 2 aromatic carbocycles. The van der Waals surface area contributed by atoms with Gasteiger partial charge in [0.15, 0.2) is 11.6 Å². The fourth-order valence-electron chi connectivity index (χ4n) is 4.61. The topological polar surface area (TPSA) is 107 Å². The Labute approximate surface area is 228 Å². The molecule has 0 radical (unpaired) electrons. The third-order valence-corrected chi connectivity index (χ3v) is 6.74. The van der Waals surface area contributed by atoms with E-state index in [0.717, 1.165) is 41.6 Å². The first-order valence-electron chi connectivity index (χ1n) is 12.8. The van der Waals surface area contributed by atoms with Crippen LogP contribution < -0.4 is 14.8 Å². The Hall–Kier alpha value is -4.64. The zero-order valence-corrected chi connectivity index (χ0v) is 21.6. The van der Waals surface area contributed by atoms with Gasteiger partial charge in [0, 0.05) is 41.0 Å². The molecule has 1 aliphatic carbocycles. The summed E-state index contributed by atoms with van der Waals surface area (Å²) in [6, 6.07) is 11.4. The zero-order chi connectivity index (χ0) is 27.6. The Bertz CT molecular complexity index is 1670. The summed E-state index contributed by atoms with van der Waals surface area (Å²) >= 11 is 0. The van der Waals surface area contributed by atoms with Gasteiger partial charge < -0.3 is 19.9 Å². The van der Waals surface area contributed by atoms with Crippen LogP contribution in [0.25, 0.3) is 22.4 Å². The van der Waals surface area contributed by atoms with Gasteiger partial charge in [-0.3, -0.25) is 9.67 Å². The molecular formula is C29H26F2N6O3. The Kier molecular flexibility index (Phi) is 6.95. The Morgan fingerprint density at radius 3 is 2.65 bits per heavy atom.